The number of nitrogens with one attached hydrogen (secondary N) is 1. The van der Waals surface area contributed by atoms with Gasteiger partial charge in [-0.25, -0.2) is 0 Å². The lowest BCUT2D eigenvalue weighted by Gasteiger charge is -2.34. The maximum Gasteiger partial charge on any atom is 0.417 e. The average Bonchev–Trinajstić information content (AvgIpc) is 3.23. The Hall–Kier alpha value is -2.69. The van der Waals surface area contributed by atoms with Crippen molar-refractivity contribution in [3.63, 3.8) is 0 Å². The molecule has 0 bridgehead atoms. The van der Waals surface area contributed by atoms with Crippen LogP contribution in [0.2, 0.25) is 0 Å². The van der Waals surface area contributed by atoms with Gasteiger partial charge in [-0.2, -0.15) is 13.2 Å². The summed E-state index contributed by atoms with van der Waals surface area (Å²) in [5.74, 6) is -0.440. The van der Waals surface area contributed by atoms with E-state index in [1.165, 1.54) is 23.1 Å². The van der Waals surface area contributed by atoms with Gasteiger partial charge in [-0.15, -0.1) is 10.2 Å². The molecule has 2 aromatic rings. The Morgan fingerprint density at radius 2 is 1.81 bits per heavy atom. The van der Waals surface area contributed by atoms with Crippen molar-refractivity contribution in [1.29, 1.82) is 0 Å². The minimum absolute atomic E-state index is 0.251. The van der Waals surface area contributed by atoms with E-state index in [-0.39, 0.29) is 29.6 Å². The van der Waals surface area contributed by atoms with E-state index in [0.29, 0.717) is 30.7 Å². The number of rotatable bonds is 6. The summed E-state index contributed by atoms with van der Waals surface area (Å²) in [5, 5.41) is 11.6. The van der Waals surface area contributed by atoms with Crippen molar-refractivity contribution < 1.29 is 22.8 Å². The topological polar surface area (TPSA) is 78.4 Å². The van der Waals surface area contributed by atoms with Crippen molar-refractivity contribution in [2.45, 2.75) is 26.4 Å². The molecule has 0 saturated carbocycles. The second kappa shape index (κ2) is 9.63. The molecule has 1 saturated heterocycles. The monoisotopic (exact) mass is 455 g/mol. The third kappa shape index (κ3) is 5.72. The Labute approximate surface area is 182 Å². The fraction of sp³-hybridized carbons (Fsp3) is 0.500. The molecule has 1 fully saturated rings. The molecule has 11 heteroatoms. The number of halogens is 3. The molecule has 168 valence electrons. The van der Waals surface area contributed by atoms with Crippen LogP contribution in [0.3, 0.4) is 0 Å². The molecule has 7 nitrogen and oxygen atoms in total. The SMILES string of the molecule is CC(C)CCNC(=O)c1nnc(N2CCN(C(=O)c3ccccc3C(F)(F)F)CC2)s1. The Morgan fingerprint density at radius 3 is 2.45 bits per heavy atom. The van der Waals surface area contributed by atoms with Gasteiger partial charge in [-0.3, -0.25) is 9.59 Å². The summed E-state index contributed by atoms with van der Waals surface area (Å²) >= 11 is 1.16. The number of alkyl halides is 3. The zero-order valence-corrected chi connectivity index (χ0v) is 18.1. The van der Waals surface area contributed by atoms with Gasteiger partial charge in [0.25, 0.3) is 11.8 Å². The van der Waals surface area contributed by atoms with Gasteiger partial charge in [0, 0.05) is 32.7 Å². The highest BCUT2D eigenvalue weighted by atomic mass is 32.1. The molecule has 0 aliphatic carbocycles. The van der Waals surface area contributed by atoms with E-state index in [9.17, 15) is 22.8 Å². The van der Waals surface area contributed by atoms with Crippen LogP contribution in [-0.2, 0) is 6.18 Å². The molecule has 2 heterocycles. The predicted molar refractivity (Wildman–Crippen MR) is 111 cm³/mol. The summed E-state index contributed by atoms with van der Waals surface area (Å²) in [6, 6.07) is 4.81. The van der Waals surface area contributed by atoms with Crippen molar-refractivity contribution in [3.05, 3.63) is 40.4 Å². The lowest BCUT2D eigenvalue weighted by atomic mass is 10.1. The summed E-state index contributed by atoms with van der Waals surface area (Å²) in [4.78, 5) is 28.1. The maximum atomic E-state index is 13.2. The van der Waals surface area contributed by atoms with E-state index in [2.05, 4.69) is 29.4 Å². The zero-order chi connectivity index (χ0) is 22.6. The van der Waals surface area contributed by atoms with E-state index in [0.717, 1.165) is 23.8 Å². The van der Waals surface area contributed by atoms with E-state index in [1.54, 1.807) is 0 Å². The molecule has 1 aliphatic heterocycles. The van der Waals surface area contributed by atoms with Gasteiger partial charge in [0.05, 0.1) is 11.1 Å². The molecular weight excluding hydrogens is 431 g/mol. The van der Waals surface area contributed by atoms with Crippen LogP contribution >= 0.6 is 11.3 Å². The number of carbonyl (C=O) groups excluding carboxylic acids is 2. The highest BCUT2D eigenvalue weighted by Gasteiger charge is 2.36. The number of nitrogens with zero attached hydrogens (tertiary/aromatic N) is 4. The van der Waals surface area contributed by atoms with Crippen molar-refractivity contribution in [2.24, 2.45) is 5.92 Å². The first-order valence-corrected chi connectivity index (χ1v) is 10.8. The molecule has 1 aliphatic rings. The first-order chi connectivity index (χ1) is 14.7. The van der Waals surface area contributed by atoms with Crippen LogP contribution in [-0.4, -0.2) is 59.6 Å². The quantitative estimate of drug-likeness (QED) is 0.723. The third-order valence-corrected chi connectivity index (χ3v) is 5.90. The molecule has 1 aromatic carbocycles. The molecule has 2 amide bonds. The Bertz CT molecular complexity index is 924. The first-order valence-electron chi connectivity index (χ1n) is 9.99. The Balaban J connectivity index is 1.59. The largest absolute Gasteiger partial charge is 0.417 e. The van der Waals surface area contributed by atoms with Crippen molar-refractivity contribution in [1.82, 2.24) is 20.4 Å². The highest BCUT2D eigenvalue weighted by molar-refractivity contribution is 7.17. The molecule has 1 aromatic heterocycles. The van der Waals surface area contributed by atoms with Crippen LogP contribution in [0.4, 0.5) is 18.3 Å². The summed E-state index contributed by atoms with van der Waals surface area (Å²) < 4.78 is 39.7. The van der Waals surface area contributed by atoms with Crippen molar-refractivity contribution in [3.8, 4) is 0 Å². The van der Waals surface area contributed by atoms with Gasteiger partial charge in [-0.05, 0) is 24.5 Å². The zero-order valence-electron chi connectivity index (χ0n) is 17.3. The van der Waals surface area contributed by atoms with E-state index in [1.807, 2.05) is 4.90 Å². The number of benzene rings is 1. The lowest BCUT2D eigenvalue weighted by Crippen LogP contribution is -2.49. The van der Waals surface area contributed by atoms with Crippen LogP contribution in [0.25, 0.3) is 0 Å². The molecule has 31 heavy (non-hydrogen) atoms. The maximum absolute atomic E-state index is 13.2. The number of amides is 2. The van der Waals surface area contributed by atoms with Gasteiger partial charge in [0.15, 0.2) is 0 Å². The number of aromatic nitrogens is 2. The molecule has 0 radical (unpaired) electrons. The molecule has 0 atom stereocenters. The van der Waals surface area contributed by atoms with Gasteiger partial charge in [0.2, 0.25) is 10.1 Å². The standard InChI is InChI=1S/C20H24F3N5O2S/c1-13(2)7-8-24-16(29)17-25-26-19(31-17)28-11-9-27(10-12-28)18(30)14-5-3-4-6-15(14)20(21,22)23/h3-6,13H,7-12H2,1-2H3,(H,24,29). The molecular formula is C20H24F3N5O2S. The Morgan fingerprint density at radius 1 is 1.13 bits per heavy atom. The number of hydrogen-bond donors (Lipinski definition) is 1. The summed E-state index contributed by atoms with van der Waals surface area (Å²) in [6.45, 7) is 5.99. The molecule has 0 unspecified atom stereocenters. The van der Waals surface area contributed by atoms with Gasteiger partial charge >= 0.3 is 6.18 Å². The second-order valence-corrected chi connectivity index (χ2v) is 8.61. The minimum Gasteiger partial charge on any atom is -0.350 e. The van der Waals surface area contributed by atoms with Crippen molar-refractivity contribution >= 4 is 28.3 Å². The van der Waals surface area contributed by atoms with Crippen LogP contribution < -0.4 is 10.2 Å². The molecule has 0 spiro atoms. The Kier molecular flexibility index (Phi) is 7.14. The second-order valence-electron chi connectivity index (χ2n) is 7.65. The highest BCUT2D eigenvalue weighted by Crippen LogP contribution is 2.32. The van der Waals surface area contributed by atoms with Crippen molar-refractivity contribution in [2.75, 3.05) is 37.6 Å². The van der Waals surface area contributed by atoms with Crippen LogP contribution in [0.5, 0.6) is 0 Å². The van der Waals surface area contributed by atoms with Crippen LogP contribution in [0, 0.1) is 5.92 Å². The molecule has 1 N–H and O–H groups in total. The first kappa shape index (κ1) is 23.0. The summed E-state index contributed by atoms with van der Waals surface area (Å²) in [5.41, 5.74) is -1.28. The number of carbonyl (C=O) groups is 2. The van der Waals surface area contributed by atoms with Gasteiger partial charge in [0.1, 0.15) is 0 Å². The smallest absolute Gasteiger partial charge is 0.350 e. The van der Waals surface area contributed by atoms with Crippen LogP contribution in [0.15, 0.2) is 24.3 Å². The average molecular weight is 456 g/mol. The number of hydrogen-bond acceptors (Lipinski definition) is 6. The summed E-state index contributed by atoms with van der Waals surface area (Å²) in [6.07, 6.45) is -3.72. The van der Waals surface area contributed by atoms with E-state index >= 15 is 0 Å². The fourth-order valence-electron chi connectivity index (χ4n) is 3.17. The number of anilines is 1. The van der Waals surface area contributed by atoms with Crippen LogP contribution in [0.1, 0.15) is 46.0 Å². The minimum atomic E-state index is -4.59. The van der Waals surface area contributed by atoms with E-state index in [4.69, 9.17) is 0 Å². The molecule has 3 rings (SSSR count). The third-order valence-electron chi connectivity index (χ3n) is 4.92. The van der Waals surface area contributed by atoms with E-state index < -0.39 is 17.6 Å². The number of piperazine rings is 1. The lowest BCUT2D eigenvalue weighted by molar-refractivity contribution is -0.138. The fourth-order valence-corrected chi connectivity index (χ4v) is 3.99. The van der Waals surface area contributed by atoms with Gasteiger partial charge < -0.3 is 15.1 Å². The summed E-state index contributed by atoms with van der Waals surface area (Å²) in [7, 11) is 0. The van der Waals surface area contributed by atoms with Gasteiger partial charge in [-0.1, -0.05) is 37.3 Å². The normalized spacial score (nSPS) is 14.8. The predicted octanol–water partition coefficient (Wildman–Crippen LogP) is 3.30.